The van der Waals surface area contributed by atoms with Crippen LogP contribution < -0.4 is 11.1 Å². The third-order valence-corrected chi connectivity index (χ3v) is 7.40. The van der Waals surface area contributed by atoms with Crippen LogP contribution in [0.2, 0.25) is 0 Å². The lowest BCUT2D eigenvalue weighted by Gasteiger charge is -2.21. The first-order valence-electron chi connectivity index (χ1n) is 11.9. The number of hydrogen-bond donors (Lipinski definition) is 2. The van der Waals surface area contributed by atoms with Crippen molar-refractivity contribution in [2.24, 2.45) is 24.1 Å². The lowest BCUT2D eigenvalue weighted by atomic mass is 10.1. The molecule has 1 aliphatic heterocycles. The zero-order valence-electron chi connectivity index (χ0n) is 20.0. The van der Waals surface area contributed by atoms with Crippen molar-refractivity contribution in [3.8, 4) is 17.3 Å². The first kappa shape index (κ1) is 22.0. The maximum absolute atomic E-state index is 12.9. The maximum atomic E-state index is 12.9. The number of nitrogens with two attached hydrogens (primary N) is 1. The largest absolute Gasteiger partial charge is 0.376 e. The molecule has 4 aromatic rings. The molecule has 2 amide bonds. The van der Waals surface area contributed by atoms with Crippen LogP contribution in [0.4, 0.5) is 5.69 Å². The van der Waals surface area contributed by atoms with Crippen molar-refractivity contribution in [2.45, 2.75) is 25.8 Å². The fourth-order valence-electron chi connectivity index (χ4n) is 5.03. The number of imidazole rings is 1. The molecule has 0 radical (unpaired) electrons. The zero-order chi connectivity index (χ0) is 25.2. The third-order valence-electron chi connectivity index (χ3n) is 7.40. The summed E-state index contributed by atoms with van der Waals surface area (Å²) in [6, 6.07) is 8.02. The van der Waals surface area contributed by atoms with Crippen molar-refractivity contribution < 1.29 is 9.59 Å². The van der Waals surface area contributed by atoms with E-state index in [0.717, 1.165) is 16.5 Å². The third kappa shape index (κ3) is 3.37. The van der Waals surface area contributed by atoms with Crippen LogP contribution in [-0.2, 0) is 11.8 Å². The molecule has 2 aliphatic rings. The van der Waals surface area contributed by atoms with E-state index >= 15 is 0 Å². The molecule has 36 heavy (non-hydrogen) atoms. The smallest absolute Gasteiger partial charge is 0.252 e. The number of aromatic nitrogens is 5. The molecule has 11 heteroatoms. The van der Waals surface area contributed by atoms with E-state index in [1.54, 1.807) is 21.8 Å². The summed E-state index contributed by atoms with van der Waals surface area (Å²) in [6.45, 7) is 3.01. The van der Waals surface area contributed by atoms with Crippen molar-refractivity contribution in [1.82, 2.24) is 29.3 Å². The SMILES string of the molecule is C[C@@H]1CN(C(=O)C2(C#N)CC2)C[C@H]1Nc1c(C(N)=O)cnn2cc(-c3ccc4c(cnn4C)c3)nc12. The summed E-state index contributed by atoms with van der Waals surface area (Å²) < 4.78 is 3.43. The van der Waals surface area contributed by atoms with Gasteiger partial charge >= 0.3 is 0 Å². The van der Waals surface area contributed by atoms with Crippen molar-refractivity contribution in [1.29, 1.82) is 5.26 Å². The molecule has 2 fully saturated rings. The number of amides is 2. The number of carbonyl (C=O) groups excluding carboxylic acids is 2. The minimum atomic E-state index is -0.857. The van der Waals surface area contributed by atoms with Gasteiger partial charge in [-0.3, -0.25) is 14.3 Å². The van der Waals surface area contributed by atoms with Gasteiger partial charge < -0.3 is 16.0 Å². The Morgan fingerprint density at radius 2 is 2.03 bits per heavy atom. The lowest BCUT2D eigenvalue weighted by molar-refractivity contribution is -0.134. The highest BCUT2D eigenvalue weighted by Gasteiger charge is 2.54. The van der Waals surface area contributed by atoms with Gasteiger partial charge in [-0.15, -0.1) is 0 Å². The van der Waals surface area contributed by atoms with Crippen LogP contribution in [0.25, 0.3) is 27.8 Å². The fraction of sp³-hybridized carbons (Fsp3) is 0.360. The van der Waals surface area contributed by atoms with Crippen molar-refractivity contribution >= 4 is 34.1 Å². The van der Waals surface area contributed by atoms with Gasteiger partial charge in [-0.25, -0.2) is 9.50 Å². The first-order chi connectivity index (χ1) is 17.3. The molecular weight excluding hydrogens is 458 g/mol. The number of rotatable bonds is 5. The molecule has 1 saturated carbocycles. The number of nitrogens with zero attached hydrogens (tertiary/aromatic N) is 7. The molecule has 1 aromatic carbocycles. The van der Waals surface area contributed by atoms with Gasteiger partial charge in [0.1, 0.15) is 5.41 Å². The fourth-order valence-corrected chi connectivity index (χ4v) is 5.03. The van der Waals surface area contributed by atoms with Gasteiger partial charge in [-0.05, 0) is 30.9 Å². The molecule has 11 nitrogen and oxygen atoms in total. The molecule has 0 spiro atoms. The average Bonchev–Trinajstić information content (AvgIpc) is 3.19. The second-order valence-corrected chi connectivity index (χ2v) is 9.87. The van der Waals surface area contributed by atoms with Gasteiger partial charge in [-0.2, -0.15) is 15.5 Å². The summed E-state index contributed by atoms with van der Waals surface area (Å²) in [5.74, 6) is -0.626. The van der Waals surface area contributed by atoms with Crippen molar-refractivity contribution in [3.05, 3.63) is 42.4 Å². The average molecular weight is 484 g/mol. The second-order valence-electron chi connectivity index (χ2n) is 9.87. The Labute approximate surface area is 206 Å². The Kier molecular flexibility index (Phi) is 4.76. The van der Waals surface area contributed by atoms with E-state index in [9.17, 15) is 14.9 Å². The molecule has 4 heterocycles. The van der Waals surface area contributed by atoms with Gasteiger partial charge in [-0.1, -0.05) is 13.0 Å². The van der Waals surface area contributed by atoms with Crippen molar-refractivity contribution in [3.63, 3.8) is 0 Å². The quantitative estimate of drug-likeness (QED) is 0.441. The predicted molar refractivity (Wildman–Crippen MR) is 132 cm³/mol. The Morgan fingerprint density at radius 3 is 2.75 bits per heavy atom. The van der Waals surface area contributed by atoms with Crippen LogP contribution >= 0.6 is 0 Å². The Morgan fingerprint density at radius 1 is 1.22 bits per heavy atom. The van der Waals surface area contributed by atoms with Crippen LogP contribution in [0.5, 0.6) is 0 Å². The first-order valence-corrected chi connectivity index (χ1v) is 11.9. The number of likely N-dealkylation sites (tertiary alicyclic amines) is 1. The van der Waals surface area contributed by atoms with Gasteiger partial charge in [0.05, 0.1) is 47.1 Å². The molecule has 2 atom stereocenters. The molecule has 3 aromatic heterocycles. The molecule has 1 saturated heterocycles. The number of hydrogen-bond acceptors (Lipinski definition) is 7. The van der Waals surface area contributed by atoms with Crippen LogP contribution in [0.3, 0.4) is 0 Å². The summed E-state index contributed by atoms with van der Waals surface area (Å²) in [5, 5.41) is 22.5. The van der Waals surface area contributed by atoms with Crippen LogP contribution in [0.15, 0.2) is 36.8 Å². The van der Waals surface area contributed by atoms with Gasteiger partial charge in [0.2, 0.25) is 5.91 Å². The highest BCUT2D eigenvalue weighted by molar-refractivity contribution is 6.01. The molecule has 6 rings (SSSR count). The minimum absolute atomic E-state index is 0.0970. The molecule has 0 unspecified atom stereocenters. The van der Waals surface area contributed by atoms with Gasteiger partial charge in [0, 0.05) is 37.1 Å². The number of nitrogens with one attached hydrogen (secondary N) is 1. The van der Waals surface area contributed by atoms with Crippen LogP contribution in [0.1, 0.15) is 30.1 Å². The number of carbonyl (C=O) groups is 2. The maximum Gasteiger partial charge on any atom is 0.252 e. The number of nitriles is 1. The van der Waals surface area contributed by atoms with Crippen molar-refractivity contribution in [2.75, 3.05) is 18.4 Å². The second kappa shape index (κ2) is 7.78. The van der Waals surface area contributed by atoms with E-state index in [4.69, 9.17) is 10.7 Å². The Hall–Kier alpha value is -4.46. The predicted octanol–water partition coefficient (Wildman–Crippen LogP) is 1.94. The van der Waals surface area contributed by atoms with E-state index in [1.807, 2.05) is 36.9 Å². The summed E-state index contributed by atoms with van der Waals surface area (Å²) in [7, 11) is 1.89. The highest BCUT2D eigenvalue weighted by atomic mass is 16.2. The number of primary amides is 1. The monoisotopic (exact) mass is 483 g/mol. The topological polar surface area (TPSA) is 147 Å². The highest BCUT2D eigenvalue weighted by Crippen LogP contribution is 2.47. The summed E-state index contributed by atoms with van der Waals surface area (Å²) >= 11 is 0. The molecule has 182 valence electrons. The van der Waals surface area contributed by atoms with Gasteiger partial charge in [0.25, 0.3) is 5.91 Å². The summed E-state index contributed by atoms with van der Waals surface area (Å²) in [5.41, 5.74) is 8.62. The number of benzene rings is 1. The normalized spacial score (nSPS) is 20.5. The van der Waals surface area contributed by atoms with E-state index < -0.39 is 11.3 Å². The molecule has 1 aliphatic carbocycles. The zero-order valence-corrected chi connectivity index (χ0v) is 20.0. The van der Waals surface area contributed by atoms with E-state index in [0.29, 0.717) is 43.0 Å². The Balaban J connectivity index is 1.35. The van der Waals surface area contributed by atoms with E-state index in [1.165, 1.54) is 6.20 Å². The summed E-state index contributed by atoms with van der Waals surface area (Å²) in [6.07, 6.45) is 6.27. The van der Waals surface area contributed by atoms with E-state index in [2.05, 4.69) is 21.6 Å². The molecular formula is C25H25N9O2. The number of anilines is 1. The van der Waals surface area contributed by atoms with Crippen LogP contribution in [0, 0.1) is 22.7 Å². The Bertz CT molecular complexity index is 1590. The van der Waals surface area contributed by atoms with E-state index in [-0.39, 0.29) is 23.4 Å². The molecule has 0 bridgehead atoms. The number of fused-ring (bicyclic) bond motifs is 2. The number of aryl methyl sites for hydroxylation is 1. The van der Waals surface area contributed by atoms with Crippen LogP contribution in [-0.4, -0.2) is 60.2 Å². The standard InChI is InChI=1S/C25H25N9O2/c1-14-10-33(24(36)25(13-26)5-6-25)11-18(14)30-21-17(22(27)35)9-29-34-12-19(31-23(21)34)15-3-4-20-16(7-15)8-28-32(20)2/h3-4,7-9,12,14,18,30H,5-6,10-11H2,1-2H3,(H2,27,35)/t14-,18-/m1/s1. The lowest BCUT2D eigenvalue weighted by Crippen LogP contribution is -2.36. The van der Waals surface area contributed by atoms with Gasteiger partial charge in [0.15, 0.2) is 5.65 Å². The summed E-state index contributed by atoms with van der Waals surface area (Å²) in [4.78, 5) is 31.8. The molecule has 3 N–H and O–H groups in total. The minimum Gasteiger partial charge on any atom is -0.376 e.